The fraction of sp³-hybridized carbons (Fsp3) is 0.231. The van der Waals surface area contributed by atoms with Crippen molar-refractivity contribution in [1.29, 1.82) is 0 Å². The molecular weight excluding hydrogens is 218 g/mol. The highest BCUT2D eigenvalue weighted by molar-refractivity contribution is 5.79. The summed E-state index contributed by atoms with van der Waals surface area (Å²) in [6, 6.07) is 9.38. The van der Waals surface area contributed by atoms with Crippen LogP contribution in [0, 0.1) is 0 Å². The molecule has 0 unspecified atom stereocenters. The molecule has 1 aromatic heterocycles. The predicted octanol–water partition coefficient (Wildman–Crippen LogP) is 2.48. The van der Waals surface area contributed by atoms with Gasteiger partial charge in [0.05, 0.1) is 11.9 Å². The van der Waals surface area contributed by atoms with Gasteiger partial charge >= 0.3 is 5.97 Å². The number of ether oxygens (including phenoxy) is 1. The number of rotatable bonds is 4. The standard InChI is InChI=1S/C13H13NO3/c1-9(7-13(15)16)17-11-5-4-10-3-2-6-14-12(10)8-11/h2-6,8-9H,7H2,1H3,(H,15,16)/t9-/m1/s1. The third kappa shape index (κ3) is 2.93. The van der Waals surface area contributed by atoms with E-state index in [0.717, 1.165) is 10.9 Å². The smallest absolute Gasteiger partial charge is 0.307 e. The van der Waals surface area contributed by atoms with Gasteiger partial charge in [-0.25, -0.2) is 0 Å². The zero-order chi connectivity index (χ0) is 12.3. The van der Waals surface area contributed by atoms with E-state index in [9.17, 15) is 4.79 Å². The Labute approximate surface area is 98.9 Å². The first-order valence-corrected chi connectivity index (χ1v) is 5.38. The largest absolute Gasteiger partial charge is 0.490 e. The molecule has 1 atom stereocenters. The quantitative estimate of drug-likeness (QED) is 0.878. The summed E-state index contributed by atoms with van der Waals surface area (Å²) in [6.45, 7) is 1.73. The van der Waals surface area contributed by atoms with Crippen LogP contribution in [0.3, 0.4) is 0 Å². The van der Waals surface area contributed by atoms with E-state index in [1.54, 1.807) is 13.1 Å². The van der Waals surface area contributed by atoms with Gasteiger partial charge in [0.25, 0.3) is 0 Å². The predicted molar refractivity (Wildman–Crippen MR) is 64.1 cm³/mol. The molecule has 0 fully saturated rings. The van der Waals surface area contributed by atoms with Crippen molar-refractivity contribution in [3.63, 3.8) is 0 Å². The first-order chi connectivity index (χ1) is 8.15. The fourth-order valence-electron chi connectivity index (χ4n) is 1.64. The topological polar surface area (TPSA) is 59.4 Å². The molecule has 0 saturated heterocycles. The molecular formula is C13H13NO3. The summed E-state index contributed by atoms with van der Waals surface area (Å²) in [4.78, 5) is 14.7. The second kappa shape index (κ2) is 4.82. The summed E-state index contributed by atoms with van der Waals surface area (Å²) >= 11 is 0. The zero-order valence-corrected chi connectivity index (χ0v) is 9.46. The lowest BCUT2D eigenvalue weighted by molar-refractivity contribution is -0.138. The first-order valence-electron chi connectivity index (χ1n) is 5.38. The van der Waals surface area contributed by atoms with Gasteiger partial charge in [0, 0.05) is 17.6 Å². The minimum Gasteiger partial charge on any atom is -0.490 e. The molecule has 2 aromatic rings. The maximum Gasteiger partial charge on any atom is 0.307 e. The lowest BCUT2D eigenvalue weighted by Crippen LogP contribution is -2.16. The number of nitrogens with zero attached hydrogens (tertiary/aromatic N) is 1. The van der Waals surface area contributed by atoms with Crippen LogP contribution in [-0.2, 0) is 4.79 Å². The molecule has 0 amide bonds. The number of carboxylic acid groups (broad SMARTS) is 1. The van der Waals surface area contributed by atoms with Crippen LogP contribution in [0.5, 0.6) is 5.75 Å². The van der Waals surface area contributed by atoms with Crippen LogP contribution in [0.1, 0.15) is 13.3 Å². The zero-order valence-electron chi connectivity index (χ0n) is 9.46. The van der Waals surface area contributed by atoms with E-state index in [1.807, 2.05) is 30.3 Å². The van der Waals surface area contributed by atoms with Crippen molar-refractivity contribution in [2.24, 2.45) is 0 Å². The summed E-state index contributed by atoms with van der Waals surface area (Å²) < 4.78 is 5.51. The summed E-state index contributed by atoms with van der Waals surface area (Å²) in [7, 11) is 0. The molecule has 0 aliphatic heterocycles. The molecule has 1 heterocycles. The highest BCUT2D eigenvalue weighted by atomic mass is 16.5. The number of carbonyl (C=O) groups is 1. The highest BCUT2D eigenvalue weighted by Crippen LogP contribution is 2.20. The average Bonchev–Trinajstić information content (AvgIpc) is 2.27. The highest BCUT2D eigenvalue weighted by Gasteiger charge is 2.09. The van der Waals surface area contributed by atoms with E-state index in [-0.39, 0.29) is 12.5 Å². The van der Waals surface area contributed by atoms with Crippen LogP contribution < -0.4 is 4.74 Å². The summed E-state index contributed by atoms with van der Waals surface area (Å²) in [5.74, 6) is -0.221. The van der Waals surface area contributed by atoms with E-state index in [0.29, 0.717) is 5.75 Å². The van der Waals surface area contributed by atoms with Gasteiger partial charge in [-0.15, -0.1) is 0 Å². The Balaban J connectivity index is 2.16. The number of pyridine rings is 1. The minimum atomic E-state index is -0.864. The molecule has 0 bridgehead atoms. The maximum absolute atomic E-state index is 10.5. The molecule has 0 spiro atoms. The SMILES string of the molecule is C[C@H](CC(=O)O)Oc1ccc2cccnc2c1. The summed E-state index contributed by atoms with van der Waals surface area (Å²) in [5.41, 5.74) is 0.840. The maximum atomic E-state index is 10.5. The second-order valence-electron chi connectivity index (χ2n) is 3.88. The molecule has 0 aliphatic carbocycles. The molecule has 0 radical (unpaired) electrons. The van der Waals surface area contributed by atoms with Crippen LogP contribution in [0.15, 0.2) is 36.5 Å². The summed E-state index contributed by atoms with van der Waals surface area (Å²) in [6.07, 6.45) is 1.35. The number of aliphatic carboxylic acids is 1. The monoisotopic (exact) mass is 231 g/mol. The van der Waals surface area contributed by atoms with Gasteiger partial charge in [0.1, 0.15) is 11.9 Å². The van der Waals surface area contributed by atoms with E-state index in [4.69, 9.17) is 9.84 Å². The Morgan fingerprint density at radius 3 is 3.06 bits per heavy atom. The molecule has 17 heavy (non-hydrogen) atoms. The van der Waals surface area contributed by atoms with Gasteiger partial charge in [-0.2, -0.15) is 0 Å². The normalized spacial score (nSPS) is 12.3. The van der Waals surface area contributed by atoms with Crippen LogP contribution in [0.4, 0.5) is 0 Å². The molecule has 2 rings (SSSR count). The Bertz CT molecular complexity index is 539. The van der Waals surface area contributed by atoms with Crippen molar-refractivity contribution >= 4 is 16.9 Å². The van der Waals surface area contributed by atoms with Gasteiger partial charge in [0.2, 0.25) is 0 Å². The van der Waals surface area contributed by atoms with Crippen LogP contribution >= 0.6 is 0 Å². The lowest BCUT2D eigenvalue weighted by atomic mass is 10.2. The second-order valence-corrected chi connectivity index (χ2v) is 3.88. The van der Waals surface area contributed by atoms with Crippen LogP contribution in [0.2, 0.25) is 0 Å². The third-order valence-electron chi connectivity index (χ3n) is 2.38. The molecule has 88 valence electrons. The van der Waals surface area contributed by atoms with Gasteiger partial charge in [-0.1, -0.05) is 6.07 Å². The van der Waals surface area contributed by atoms with Gasteiger partial charge in [0.15, 0.2) is 0 Å². The number of hydrogen-bond donors (Lipinski definition) is 1. The van der Waals surface area contributed by atoms with Crippen LogP contribution in [-0.4, -0.2) is 22.2 Å². The third-order valence-corrected chi connectivity index (χ3v) is 2.38. The molecule has 4 nitrogen and oxygen atoms in total. The van der Waals surface area contributed by atoms with Gasteiger partial charge in [-0.3, -0.25) is 9.78 Å². The first kappa shape index (κ1) is 11.4. The molecule has 1 aromatic carbocycles. The molecule has 0 saturated carbocycles. The van der Waals surface area contributed by atoms with E-state index < -0.39 is 5.97 Å². The van der Waals surface area contributed by atoms with Crippen molar-refractivity contribution in [2.45, 2.75) is 19.4 Å². The summed E-state index contributed by atoms with van der Waals surface area (Å²) in [5, 5.41) is 9.67. The Morgan fingerprint density at radius 2 is 2.29 bits per heavy atom. The molecule has 0 aliphatic rings. The van der Waals surface area contributed by atoms with Gasteiger partial charge < -0.3 is 9.84 Å². The Hall–Kier alpha value is -2.10. The van der Waals surface area contributed by atoms with E-state index >= 15 is 0 Å². The van der Waals surface area contributed by atoms with Crippen LogP contribution in [0.25, 0.3) is 10.9 Å². The Kier molecular flexibility index (Phi) is 3.23. The fourth-order valence-corrected chi connectivity index (χ4v) is 1.64. The van der Waals surface area contributed by atoms with Gasteiger partial charge in [-0.05, 0) is 25.1 Å². The number of carboxylic acids is 1. The van der Waals surface area contributed by atoms with E-state index in [1.165, 1.54) is 0 Å². The van der Waals surface area contributed by atoms with E-state index in [2.05, 4.69) is 4.98 Å². The lowest BCUT2D eigenvalue weighted by Gasteiger charge is -2.12. The van der Waals surface area contributed by atoms with Crippen molar-refractivity contribution in [3.05, 3.63) is 36.5 Å². The minimum absolute atomic E-state index is 0.0136. The number of hydrogen-bond acceptors (Lipinski definition) is 3. The van der Waals surface area contributed by atoms with Crippen molar-refractivity contribution in [1.82, 2.24) is 4.98 Å². The number of fused-ring (bicyclic) bond motifs is 1. The molecule has 4 heteroatoms. The number of aromatic nitrogens is 1. The molecule has 1 N–H and O–H groups in total. The van der Waals surface area contributed by atoms with Crippen molar-refractivity contribution in [2.75, 3.05) is 0 Å². The van der Waals surface area contributed by atoms with Crippen molar-refractivity contribution < 1.29 is 14.6 Å². The van der Waals surface area contributed by atoms with Crippen molar-refractivity contribution in [3.8, 4) is 5.75 Å². The number of benzene rings is 1. The average molecular weight is 231 g/mol. The Morgan fingerprint density at radius 1 is 1.47 bits per heavy atom.